The van der Waals surface area contributed by atoms with Crippen molar-refractivity contribution in [1.82, 2.24) is 0 Å². The van der Waals surface area contributed by atoms with Crippen LogP contribution in [0.1, 0.15) is 65.2 Å². The zero-order valence-electron chi connectivity index (χ0n) is 13.9. The molecule has 112 valence electrons. The van der Waals surface area contributed by atoms with Crippen LogP contribution in [0, 0.1) is 0 Å². The third-order valence-electron chi connectivity index (χ3n) is 3.34. The van der Waals surface area contributed by atoms with Crippen molar-refractivity contribution in [1.29, 1.82) is 0 Å². The van der Waals surface area contributed by atoms with Gasteiger partial charge in [0.15, 0.2) is 0 Å². The van der Waals surface area contributed by atoms with Gasteiger partial charge in [-0.05, 0) is 35.4 Å². The van der Waals surface area contributed by atoms with Crippen molar-refractivity contribution in [2.75, 3.05) is 0 Å². The normalized spacial score (nSPS) is 14.8. The van der Waals surface area contributed by atoms with Gasteiger partial charge in [-0.15, -0.1) is 0 Å². The topological polar surface area (TPSA) is 46.2 Å². The number of nitrogens with two attached hydrogens (primary N) is 1. The summed E-state index contributed by atoms with van der Waals surface area (Å²) < 4.78 is 0. The summed E-state index contributed by atoms with van der Waals surface area (Å²) in [5, 5.41) is 10.6. The molecule has 3 N–H and O–H groups in total. The molecular formula is C18H29NO. The van der Waals surface area contributed by atoms with Crippen LogP contribution in [0.4, 0.5) is 0 Å². The third-order valence-corrected chi connectivity index (χ3v) is 3.34. The van der Waals surface area contributed by atoms with Gasteiger partial charge >= 0.3 is 0 Å². The van der Waals surface area contributed by atoms with Gasteiger partial charge in [0.25, 0.3) is 0 Å². The monoisotopic (exact) mass is 275 g/mol. The lowest BCUT2D eigenvalue weighted by Gasteiger charge is -2.27. The second-order valence-corrected chi connectivity index (χ2v) is 7.68. The maximum absolute atomic E-state index is 10.6. The highest BCUT2D eigenvalue weighted by Gasteiger charge is 2.26. The SMILES string of the molecule is CC(N)/C=C/c1cc(C(C)(C)C)c(O)c(C(C)(C)C)c1. The van der Waals surface area contributed by atoms with E-state index in [1.165, 1.54) is 0 Å². The molecular weight excluding hydrogens is 246 g/mol. The van der Waals surface area contributed by atoms with E-state index in [1.807, 2.05) is 19.1 Å². The summed E-state index contributed by atoms with van der Waals surface area (Å²) in [5.41, 5.74) is 8.65. The second-order valence-electron chi connectivity index (χ2n) is 7.68. The summed E-state index contributed by atoms with van der Waals surface area (Å²) in [5.74, 6) is 0.419. The molecule has 1 rings (SSSR count). The van der Waals surface area contributed by atoms with Crippen molar-refractivity contribution >= 4 is 6.08 Å². The van der Waals surface area contributed by atoms with Crippen molar-refractivity contribution in [2.45, 2.75) is 65.3 Å². The van der Waals surface area contributed by atoms with E-state index in [0.29, 0.717) is 5.75 Å². The lowest BCUT2D eigenvalue weighted by atomic mass is 9.78. The Kier molecular flexibility index (Phi) is 4.70. The molecule has 1 aromatic carbocycles. The molecule has 0 spiro atoms. The standard InChI is InChI=1S/C18H29NO/c1-12(19)8-9-13-10-14(17(2,3)4)16(20)15(11-13)18(5,6)7/h8-12,20H,19H2,1-7H3/b9-8+. The van der Waals surface area contributed by atoms with Gasteiger partial charge < -0.3 is 10.8 Å². The molecule has 1 unspecified atom stereocenters. The third kappa shape index (κ3) is 4.11. The molecule has 0 bridgehead atoms. The van der Waals surface area contributed by atoms with Gasteiger partial charge in [0.2, 0.25) is 0 Å². The first-order chi connectivity index (χ1) is 8.93. The Morgan fingerprint density at radius 1 is 1.00 bits per heavy atom. The quantitative estimate of drug-likeness (QED) is 0.843. The zero-order valence-corrected chi connectivity index (χ0v) is 13.9. The van der Waals surface area contributed by atoms with Gasteiger partial charge in [-0.1, -0.05) is 53.7 Å². The Hall–Kier alpha value is -1.28. The average molecular weight is 275 g/mol. The maximum Gasteiger partial charge on any atom is 0.123 e. The molecule has 2 nitrogen and oxygen atoms in total. The van der Waals surface area contributed by atoms with Crippen LogP contribution in [0.25, 0.3) is 6.08 Å². The molecule has 0 aliphatic heterocycles. The van der Waals surface area contributed by atoms with Gasteiger partial charge in [-0.2, -0.15) is 0 Å². The molecule has 0 radical (unpaired) electrons. The van der Waals surface area contributed by atoms with Crippen LogP contribution in [0.5, 0.6) is 5.75 Å². The first-order valence-corrected chi connectivity index (χ1v) is 7.24. The first-order valence-electron chi connectivity index (χ1n) is 7.24. The number of rotatable bonds is 2. The molecule has 0 amide bonds. The first kappa shape index (κ1) is 16.8. The minimum absolute atomic E-state index is 0.0278. The van der Waals surface area contributed by atoms with Gasteiger partial charge in [-0.25, -0.2) is 0 Å². The maximum atomic E-state index is 10.6. The molecule has 0 aliphatic rings. The highest BCUT2D eigenvalue weighted by Crippen LogP contribution is 2.39. The summed E-state index contributed by atoms with van der Waals surface area (Å²) in [7, 11) is 0. The fourth-order valence-corrected chi connectivity index (χ4v) is 2.16. The number of phenolic OH excluding ortho intramolecular Hbond substituents is 1. The van der Waals surface area contributed by atoms with Gasteiger partial charge in [0.1, 0.15) is 5.75 Å². The van der Waals surface area contributed by atoms with Crippen LogP contribution >= 0.6 is 0 Å². The van der Waals surface area contributed by atoms with Gasteiger partial charge in [0.05, 0.1) is 0 Å². The van der Waals surface area contributed by atoms with Crippen LogP contribution < -0.4 is 5.73 Å². The van der Waals surface area contributed by atoms with Crippen LogP contribution in [0.2, 0.25) is 0 Å². The lowest BCUT2D eigenvalue weighted by Crippen LogP contribution is -2.17. The molecule has 0 saturated heterocycles. The minimum atomic E-state index is -0.0950. The predicted molar refractivity (Wildman–Crippen MR) is 88.2 cm³/mol. The average Bonchev–Trinajstić information content (AvgIpc) is 2.24. The molecule has 1 aromatic rings. The molecule has 20 heavy (non-hydrogen) atoms. The van der Waals surface area contributed by atoms with Crippen LogP contribution in [-0.4, -0.2) is 11.1 Å². The predicted octanol–water partition coefficient (Wildman–Crippen LogP) is 4.35. The zero-order chi connectivity index (χ0) is 15.7. The molecule has 0 aromatic heterocycles. The molecule has 0 saturated carbocycles. The van der Waals surface area contributed by atoms with E-state index >= 15 is 0 Å². The second kappa shape index (κ2) is 5.61. The fraction of sp³-hybridized carbons (Fsp3) is 0.556. The highest BCUT2D eigenvalue weighted by molar-refractivity contribution is 5.59. The van der Waals surface area contributed by atoms with Crippen molar-refractivity contribution in [3.8, 4) is 5.75 Å². The van der Waals surface area contributed by atoms with Crippen molar-refractivity contribution in [2.24, 2.45) is 5.73 Å². The highest BCUT2D eigenvalue weighted by atomic mass is 16.3. The molecule has 0 heterocycles. The van der Waals surface area contributed by atoms with E-state index in [1.54, 1.807) is 0 Å². The van der Waals surface area contributed by atoms with E-state index in [-0.39, 0.29) is 16.9 Å². The van der Waals surface area contributed by atoms with Crippen molar-refractivity contribution < 1.29 is 5.11 Å². The summed E-state index contributed by atoms with van der Waals surface area (Å²) >= 11 is 0. The summed E-state index contributed by atoms with van der Waals surface area (Å²) in [6.45, 7) is 14.7. The minimum Gasteiger partial charge on any atom is -0.507 e. The number of aromatic hydroxyl groups is 1. The smallest absolute Gasteiger partial charge is 0.123 e. The number of hydrogen-bond donors (Lipinski definition) is 2. The Labute approximate surface area is 123 Å². The number of phenols is 1. The van der Waals surface area contributed by atoms with Crippen molar-refractivity contribution in [3.05, 3.63) is 34.9 Å². The summed E-state index contributed by atoms with van der Waals surface area (Å²) in [6.07, 6.45) is 4.01. The van der Waals surface area contributed by atoms with Crippen LogP contribution in [-0.2, 0) is 10.8 Å². The molecule has 2 heteroatoms. The Morgan fingerprint density at radius 3 is 1.70 bits per heavy atom. The number of benzene rings is 1. The van der Waals surface area contributed by atoms with E-state index < -0.39 is 0 Å². The van der Waals surface area contributed by atoms with Crippen molar-refractivity contribution in [3.63, 3.8) is 0 Å². The fourth-order valence-electron chi connectivity index (χ4n) is 2.16. The summed E-state index contributed by atoms with van der Waals surface area (Å²) in [6, 6.07) is 4.15. The van der Waals surface area contributed by atoms with Gasteiger partial charge in [-0.3, -0.25) is 0 Å². The lowest BCUT2D eigenvalue weighted by molar-refractivity contribution is 0.423. The Balaban J connectivity index is 3.50. The Bertz CT molecular complexity index is 464. The van der Waals surface area contributed by atoms with E-state index in [9.17, 15) is 5.11 Å². The Morgan fingerprint density at radius 2 is 1.40 bits per heavy atom. The van der Waals surface area contributed by atoms with E-state index in [2.05, 4.69) is 53.7 Å². The largest absolute Gasteiger partial charge is 0.507 e. The van der Waals surface area contributed by atoms with Gasteiger partial charge in [0, 0.05) is 17.2 Å². The van der Waals surface area contributed by atoms with E-state index in [4.69, 9.17) is 5.73 Å². The molecule has 0 aliphatic carbocycles. The summed E-state index contributed by atoms with van der Waals surface area (Å²) in [4.78, 5) is 0. The molecule has 1 atom stereocenters. The number of hydrogen-bond acceptors (Lipinski definition) is 2. The van der Waals surface area contributed by atoms with Crippen LogP contribution in [0.3, 0.4) is 0 Å². The van der Waals surface area contributed by atoms with E-state index in [0.717, 1.165) is 16.7 Å². The molecule has 0 fully saturated rings. The van der Waals surface area contributed by atoms with Crippen LogP contribution in [0.15, 0.2) is 18.2 Å².